The van der Waals surface area contributed by atoms with Crippen LogP contribution >= 0.6 is 0 Å². The lowest BCUT2D eigenvalue weighted by Gasteiger charge is -2.20. The fourth-order valence-electron chi connectivity index (χ4n) is 2.78. The van der Waals surface area contributed by atoms with Crippen molar-refractivity contribution in [1.29, 1.82) is 0 Å². The summed E-state index contributed by atoms with van der Waals surface area (Å²) in [7, 11) is 0. The molecule has 1 aromatic rings. The Morgan fingerprint density at radius 2 is 2.19 bits per heavy atom. The summed E-state index contributed by atoms with van der Waals surface area (Å²) >= 11 is 0. The number of carbonyl (C=O) groups is 3. The summed E-state index contributed by atoms with van der Waals surface area (Å²) in [6.45, 7) is 2.54. The van der Waals surface area contributed by atoms with Gasteiger partial charge in [-0.3, -0.25) is 14.4 Å². The molecule has 0 aromatic heterocycles. The molecule has 7 heteroatoms. The van der Waals surface area contributed by atoms with Crippen molar-refractivity contribution < 1.29 is 18.8 Å². The Morgan fingerprint density at radius 3 is 2.90 bits per heavy atom. The van der Waals surface area contributed by atoms with Gasteiger partial charge in [-0.15, -0.1) is 0 Å². The molecule has 1 atom stereocenters. The van der Waals surface area contributed by atoms with Crippen LogP contribution in [0.1, 0.15) is 23.7 Å². The Morgan fingerprint density at radius 1 is 1.43 bits per heavy atom. The molecule has 6 nitrogen and oxygen atoms in total. The van der Waals surface area contributed by atoms with E-state index in [-0.39, 0.29) is 17.5 Å². The number of rotatable bonds is 2. The zero-order chi connectivity index (χ0) is 15.1. The molecule has 0 saturated carbocycles. The number of ketones is 1. The topological polar surface area (TPSA) is 78.5 Å². The minimum atomic E-state index is -0.737. The summed E-state index contributed by atoms with van der Waals surface area (Å²) in [5.74, 6) is -2.11. The number of nitrogens with one attached hydrogen (secondary N) is 2. The number of halogens is 1. The van der Waals surface area contributed by atoms with Crippen molar-refractivity contribution in [2.75, 3.05) is 23.3 Å². The highest BCUT2D eigenvalue weighted by molar-refractivity contribution is 6.51. The normalized spacial score (nSPS) is 20.5. The van der Waals surface area contributed by atoms with Gasteiger partial charge in [0.25, 0.3) is 11.7 Å². The van der Waals surface area contributed by atoms with Crippen LogP contribution in [0.2, 0.25) is 0 Å². The second kappa shape index (κ2) is 4.83. The van der Waals surface area contributed by atoms with Gasteiger partial charge >= 0.3 is 0 Å². The number of amides is 2. The van der Waals surface area contributed by atoms with Crippen LogP contribution in [0.4, 0.5) is 15.8 Å². The maximum Gasteiger partial charge on any atom is 0.296 e. The quantitative estimate of drug-likeness (QED) is 0.785. The largest absolute Gasteiger partial charge is 0.367 e. The Hall–Kier alpha value is -2.44. The first kappa shape index (κ1) is 13.5. The molecule has 0 bridgehead atoms. The minimum absolute atomic E-state index is 0.0219. The lowest BCUT2D eigenvalue weighted by atomic mass is 10.1. The average molecular weight is 291 g/mol. The third kappa shape index (κ3) is 2.35. The monoisotopic (exact) mass is 291 g/mol. The van der Waals surface area contributed by atoms with Gasteiger partial charge in [-0.2, -0.15) is 0 Å². The number of Topliss-reactive ketones (excluding diaryl/α,β-unsaturated/α-hetero) is 1. The molecule has 1 saturated heterocycles. The molecule has 110 valence electrons. The Balaban J connectivity index is 1.85. The molecule has 2 aliphatic heterocycles. The minimum Gasteiger partial charge on any atom is -0.367 e. The van der Waals surface area contributed by atoms with Gasteiger partial charge in [0.05, 0.1) is 16.9 Å². The highest BCUT2D eigenvalue weighted by atomic mass is 19.1. The van der Waals surface area contributed by atoms with Gasteiger partial charge in [0.15, 0.2) is 0 Å². The van der Waals surface area contributed by atoms with E-state index in [9.17, 15) is 18.8 Å². The molecule has 0 spiro atoms. The van der Waals surface area contributed by atoms with Crippen LogP contribution in [-0.2, 0) is 9.59 Å². The first-order valence-corrected chi connectivity index (χ1v) is 6.67. The number of hydrogen-bond donors (Lipinski definition) is 2. The van der Waals surface area contributed by atoms with Gasteiger partial charge in [0.1, 0.15) is 5.82 Å². The number of anilines is 2. The molecule has 21 heavy (non-hydrogen) atoms. The van der Waals surface area contributed by atoms with E-state index in [2.05, 4.69) is 10.6 Å². The van der Waals surface area contributed by atoms with Crippen LogP contribution in [0.3, 0.4) is 0 Å². The van der Waals surface area contributed by atoms with E-state index in [0.717, 1.165) is 12.5 Å². The van der Waals surface area contributed by atoms with Crippen molar-refractivity contribution in [1.82, 2.24) is 5.32 Å². The fourth-order valence-corrected chi connectivity index (χ4v) is 2.78. The summed E-state index contributed by atoms with van der Waals surface area (Å²) in [6.07, 6.45) is 0.724. The molecule has 1 unspecified atom stereocenters. The Kier molecular flexibility index (Phi) is 3.12. The molecule has 0 aliphatic carbocycles. The number of nitrogens with zero attached hydrogens (tertiary/aromatic N) is 1. The van der Waals surface area contributed by atoms with E-state index in [1.54, 1.807) is 4.90 Å². The third-order valence-corrected chi connectivity index (χ3v) is 3.72. The maximum atomic E-state index is 14.2. The van der Waals surface area contributed by atoms with Crippen molar-refractivity contribution in [2.24, 2.45) is 0 Å². The highest BCUT2D eigenvalue weighted by Crippen LogP contribution is 2.32. The molecular formula is C14H14FN3O3. The van der Waals surface area contributed by atoms with Crippen molar-refractivity contribution in [3.05, 3.63) is 23.5 Å². The maximum absolute atomic E-state index is 14.2. The predicted molar refractivity (Wildman–Crippen MR) is 73.8 cm³/mol. The first-order valence-electron chi connectivity index (χ1n) is 6.67. The molecule has 2 aliphatic rings. The zero-order valence-electron chi connectivity index (χ0n) is 11.4. The number of carbonyl (C=O) groups excluding carboxylic acids is 3. The molecule has 2 heterocycles. The molecule has 3 rings (SSSR count). The standard InChI is InChI=1S/C14H14FN3O3/c1-7(19)16-8-2-3-18(6-8)12-5-11-9(4-10(12)15)13(20)14(21)17-11/h4-5,8H,2-3,6H2,1H3,(H,16,19)(H,17,20,21). The van der Waals surface area contributed by atoms with Gasteiger partial charge in [0.2, 0.25) is 5.91 Å². The van der Waals surface area contributed by atoms with Gasteiger partial charge in [-0.1, -0.05) is 0 Å². The van der Waals surface area contributed by atoms with Crippen LogP contribution in [0.25, 0.3) is 0 Å². The number of hydrogen-bond acceptors (Lipinski definition) is 4. The highest BCUT2D eigenvalue weighted by Gasteiger charge is 2.32. The molecule has 1 aromatic carbocycles. The fraction of sp³-hybridized carbons (Fsp3) is 0.357. The van der Waals surface area contributed by atoms with E-state index in [0.29, 0.717) is 24.5 Å². The first-order chi connectivity index (χ1) is 9.95. The van der Waals surface area contributed by atoms with Gasteiger partial charge < -0.3 is 15.5 Å². The van der Waals surface area contributed by atoms with E-state index >= 15 is 0 Å². The number of benzene rings is 1. The Labute approximate surface area is 120 Å². The molecule has 0 radical (unpaired) electrons. The van der Waals surface area contributed by atoms with Crippen LogP contribution < -0.4 is 15.5 Å². The summed E-state index contributed by atoms with van der Waals surface area (Å²) < 4.78 is 14.2. The SMILES string of the molecule is CC(=O)NC1CCN(c2cc3c(cc2F)C(=O)C(=O)N3)C1. The Bertz CT molecular complexity index is 659. The van der Waals surface area contributed by atoms with Crippen LogP contribution in [-0.4, -0.2) is 36.7 Å². The van der Waals surface area contributed by atoms with Gasteiger partial charge in [-0.05, 0) is 18.6 Å². The van der Waals surface area contributed by atoms with E-state index in [4.69, 9.17) is 0 Å². The van der Waals surface area contributed by atoms with Crippen LogP contribution in [0.5, 0.6) is 0 Å². The predicted octanol–water partition coefficient (Wildman–Crippen LogP) is 0.675. The molecular weight excluding hydrogens is 277 g/mol. The van der Waals surface area contributed by atoms with Crippen molar-refractivity contribution in [3.63, 3.8) is 0 Å². The summed E-state index contributed by atoms with van der Waals surface area (Å²) in [6, 6.07) is 2.55. The zero-order valence-corrected chi connectivity index (χ0v) is 11.4. The van der Waals surface area contributed by atoms with Gasteiger partial charge in [0, 0.05) is 26.1 Å². The summed E-state index contributed by atoms with van der Waals surface area (Å²) in [5, 5.41) is 5.23. The van der Waals surface area contributed by atoms with Crippen molar-refractivity contribution in [2.45, 2.75) is 19.4 Å². The second-order valence-corrected chi connectivity index (χ2v) is 5.26. The lowest BCUT2D eigenvalue weighted by molar-refractivity contribution is -0.119. The summed E-state index contributed by atoms with van der Waals surface area (Å²) in [4.78, 5) is 35.7. The molecule has 2 N–H and O–H groups in total. The lowest BCUT2D eigenvalue weighted by Crippen LogP contribution is -2.35. The smallest absolute Gasteiger partial charge is 0.296 e. The van der Waals surface area contributed by atoms with Gasteiger partial charge in [-0.25, -0.2) is 4.39 Å². The van der Waals surface area contributed by atoms with Crippen LogP contribution in [0, 0.1) is 5.82 Å². The second-order valence-electron chi connectivity index (χ2n) is 5.26. The van der Waals surface area contributed by atoms with Crippen molar-refractivity contribution in [3.8, 4) is 0 Å². The van der Waals surface area contributed by atoms with Crippen molar-refractivity contribution >= 4 is 29.0 Å². The number of fused-ring (bicyclic) bond motifs is 1. The third-order valence-electron chi connectivity index (χ3n) is 3.72. The van der Waals surface area contributed by atoms with E-state index < -0.39 is 17.5 Å². The molecule has 1 fully saturated rings. The van der Waals surface area contributed by atoms with E-state index in [1.807, 2.05) is 0 Å². The average Bonchev–Trinajstić information content (AvgIpc) is 2.96. The molecule has 2 amide bonds. The van der Waals surface area contributed by atoms with Crippen LogP contribution in [0.15, 0.2) is 12.1 Å². The summed E-state index contributed by atoms with van der Waals surface area (Å²) in [5.41, 5.74) is 0.736. The van der Waals surface area contributed by atoms with E-state index in [1.165, 1.54) is 13.0 Å².